The minimum Gasteiger partial charge on any atom is -0.493 e. The number of furan rings is 1. The van der Waals surface area contributed by atoms with Gasteiger partial charge in [0.1, 0.15) is 5.76 Å². The molecule has 1 fully saturated rings. The Morgan fingerprint density at radius 2 is 2.11 bits per heavy atom. The number of carboxylic acid groups (broad SMARTS) is 1. The van der Waals surface area contributed by atoms with Crippen LogP contribution in [0.5, 0.6) is 5.75 Å². The van der Waals surface area contributed by atoms with Crippen LogP contribution in [0.25, 0.3) is 11.0 Å². The van der Waals surface area contributed by atoms with E-state index in [4.69, 9.17) is 9.15 Å². The molecule has 0 unspecified atom stereocenters. The molecule has 1 aliphatic carbocycles. The van der Waals surface area contributed by atoms with Crippen molar-refractivity contribution in [1.82, 2.24) is 0 Å². The Labute approximate surface area is 111 Å². The van der Waals surface area contributed by atoms with E-state index in [9.17, 15) is 9.90 Å². The lowest BCUT2D eigenvalue weighted by atomic mass is 10.0. The number of hydrogen-bond acceptors (Lipinski definition) is 3. The van der Waals surface area contributed by atoms with E-state index in [-0.39, 0.29) is 5.56 Å². The van der Waals surface area contributed by atoms with Crippen LogP contribution in [0.15, 0.2) is 22.6 Å². The summed E-state index contributed by atoms with van der Waals surface area (Å²) in [6.45, 7) is 0. The highest BCUT2D eigenvalue weighted by Crippen LogP contribution is 2.39. The van der Waals surface area contributed by atoms with Gasteiger partial charge in [-0.25, -0.2) is 4.79 Å². The number of fused-ring (bicyclic) bond motifs is 1. The Bertz CT molecular complexity index is 620. The fourth-order valence-corrected chi connectivity index (χ4v) is 2.88. The molecule has 4 heteroatoms. The number of rotatable bonds is 3. The summed E-state index contributed by atoms with van der Waals surface area (Å²) in [6, 6.07) is 5.09. The average molecular weight is 260 g/mol. The summed E-state index contributed by atoms with van der Waals surface area (Å²) in [6.07, 6.45) is 4.66. The predicted octanol–water partition coefficient (Wildman–Crippen LogP) is 3.80. The summed E-state index contributed by atoms with van der Waals surface area (Å²) in [7, 11) is 1.56. The molecule has 0 radical (unpaired) electrons. The third kappa shape index (κ3) is 1.97. The Kier molecular flexibility index (Phi) is 2.93. The second-order valence-electron chi connectivity index (χ2n) is 4.99. The highest BCUT2D eigenvalue weighted by Gasteiger charge is 2.23. The summed E-state index contributed by atoms with van der Waals surface area (Å²) in [5, 5.41) is 9.87. The van der Waals surface area contributed by atoms with Crippen molar-refractivity contribution in [2.75, 3.05) is 7.11 Å². The van der Waals surface area contributed by atoms with E-state index in [1.807, 2.05) is 6.07 Å². The van der Waals surface area contributed by atoms with Gasteiger partial charge in [0.25, 0.3) is 0 Å². The fraction of sp³-hybridized carbons (Fsp3) is 0.400. The van der Waals surface area contributed by atoms with Gasteiger partial charge in [-0.2, -0.15) is 0 Å². The van der Waals surface area contributed by atoms with Crippen molar-refractivity contribution >= 4 is 16.9 Å². The molecular weight excluding hydrogens is 244 g/mol. The first kappa shape index (κ1) is 12.1. The zero-order valence-corrected chi connectivity index (χ0v) is 10.8. The van der Waals surface area contributed by atoms with Crippen LogP contribution in [0.3, 0.4) is 0 Å². The van der Waals surface area contributed by atoms with Crippen molar-refractivity contribution in [3.8, 4) is 5.75 Å². The molecule has 0 amide bonds. The first-order valence-electron chi connectivity index (χ1n) is 6.54. The molecule has 1 aliphatic rings. The second kappa shape index (κ2) is 4.61. The first-order valence-corrected chi connectivity index (χ1v) is 6.54. The van der Waals surface area contributed by atoms with Crippen molar-refractivity contribution < 1.29 is 19.1 Å². The topological polar surface area (TPSA) is 59.7 Å². The van der Waals surface area contributed by atoms with E-state index in [0.29, 0.717) is 22.6 Å². The number of methoxy groups -OCH3 is 1. The number of carbonyl (C=O) groups is 1. The van der Waals surface area contributed by atoms with Crippen molar-refractivity contribution in [3.63, 3.8) is 0 Å². The molecule has 19 heavy (non-hydrogen) atoms. The van der Waals surface area contributed by atoms with Crippen LogP contribution in [0.2, 0.25) is 0 Å². The van der Waals surface area contributed by atoms with Gasteiger partial charge < -0.3 is 14.3 Å². The number of ether oxygens (including phenoxy) is 1. The van der Waals surface area contributed by atoms with Crippen molar-refractivity contribution in [1.29, 1.82) is 0 Å². The molecule has 100 valence electrons. The van der Waals surface area contributed by atoms with E-state index in [1.54, 1.807) is 19.2 Å². The van der Waals surface area contributed by atoms with Gasteiger partial charge in [-0.15, -0.1) is 0 Å². The molecule has 1 saturated carbocycles. The maximum Gasteiger partial charge on any atom is 0.336 e. The van der Waals surface area contributed by atoms with Gasteiger partial charge in [0, 0.05) is 11.3 Å². The van der Waals surface area contributed by atoms with Gasteiger partial charge in [-0.05, 0) is 31.0 Å². The summed E-state index contributed by atoms with van der Waals surface area (Å²) >= 11 is 0. The van der Waals surface area contributed by atoms with Crippen LogP contribution in [-0.4, -0.2) is 18.2 Å². The Hall–Kier alpha value is -1.97. The summed E-state index contributed by atoms with van der Waals surface area (Å²) < 4.78 is 11.1. The number of hydrogen-bond donors (Lipinski definition) is 1. The Balaban J connectivity index is 2.17. The van der Waals surface area contributed by atoms with Gasteiger partial charge in [-0.1, -0.05) is 12.8 Å². The molecule has 0 spiro atoms. The van der Waals surface area contributed by atoms with E-state index in [0.717, 1.165) is 18.6 Å². The monoisotopic (exact) mass is 260 g/mol. The molecule has 4 nitrogen and oxygen atoms in total. The smallest absolute Gasteiger partial charge is 0.336 e. The summed E-state index contributed by atoms with van der Waals surface area (Å²) in [5.74, 6) is 0.953. The molecule has 3 rings (SSSR count). The summed E-state index contributed by atoms with van der Waals surface area (Å²) in [4.78, 5) is 11.3. The molecule has 0 bridgehead atoms. The van der Waals surface area contributed by atoms with Crippen LogP contribution < -0.4 is 4.74 Å². The molecule has 1 aromatic carbocycles. The van der Waals surface area contributed by atoms with Gasteiger partial charge in [-0.3, -0.25) is 0 Å². The van der Waals surface area contributed by atoms with Crippen LogP contribution in [-0.2, 0) is 0 Å². The lowest BCUT2D eigenvalue weighted by Crippen LogP contribution is -1.97. The third-order valence-electron chi connectivity index (χ3n) is 3.87. The van der Waals surface area contributed by atoms with E-state index in [2.05, 4.69) is 0 Å². The van der Waals surface area contributed by atoms with Crippen LogP contribution in [0.1, 0.15) is 47.7 Å². The second-order valence-corrected chi connectivity index (χ2v) is 4.99. The van der Waals surface area contributed by atoms with Gasteiger partial charge >= 0.3 is 5.97 Å². The zero-order chi connectivity index (χ0) is 13.4. The van der Waals surface area contributed by atoms with Crippen molar-refractivity contribution in [2.24, 2.45) is 0 Å². The SMILES string of the molecule is COc1ccc(C(=O)O)c2cc(C3CCCC3)oc12. The fourth-order valence-electron chi connectivity index (χ4n) is 2.88. The first-order chi connectivity index (χ1) is 9.20. The van der Waals surface area contributed by atoms with Crippen LogP contribution in [0, 0.1) is 0 Å². The lowest BCUT2D eigenvalue weighted by molar-refractivity contribution is 0.0699. The number of carboxylic acids is 1. The minimum absolute atomic E-state index is 0.267. The molecule has 0 saturated heterocycles. The van der Waals surface area contributed by atoms with E-state index in [1.165, 1.54) is 12.8 Å². The quantitative estimate of drug-likeness (QED) is 0.911. The number of aromatic carboxylic acids is 1. The van der Waals surface area contributed by atoms with Gasteiger partial charge in [0.2, 0.25) is 0 Å². The van der Waals surface area contributed by atoms with Gasteiger partial charge in [0.05, 0.1) is 12.7 Å². The van der Waals surface area contributed by atoms with Crippen LogP contribution in [0.4, 0.5) is 0 Å². The van der Waals surface area contributed by atoms with Gasteiger partial charge in [0.15, 0.2) is 11.3 Å². The van der Waals surface area contributed by atoms with Crippen molar-refractivity contribution in [3.05, 3.63) is 29.5 Å². The largest absolute Gasteiger partial charge is 0.493 e. The normalized spacial score (nSPS) is 16.1. The average Bonchev–Trinajstić information content (AvgIpc) is 3.05. The third-order valence-corrected chi connectivity index (χ3v) is 3.87. The zero-order valence-electron chi connectivity index (χ0n) is 10.8. The standard InChI is InChI=1S/C15H16O4/c1-18-12-7-6-10(15(16)17)11-8-13(19-14(11)12)9-4-2-3-5-9/h6-9H,2-5H2,1H3,(H,16,17). The highest BCUT2D eigenvalue weighted by atomic mass is 16.5. The highest BCUT2D eigenvalue weighted by molar-refractivity contribution is 6.04. The predicted molar refractivity (Wildman–Crippen MR) is 70.9 cm³/mol. The molecule has 0 aliphatic heterocycles. The molecule has 0 atom stereocenters. The molecule has 1 aromatic heterocycles. The Morgan fingerprint density at radius 1 is 1.37 bits per heavy atom. The molecular formula is C15H16O4. The van der Waals surface area contributed by atoms with Crippen molar-refractivity contribution in [2.45, 2.75) is 31.6 Å². The minimum atomic E-state index is -0.938. The van der Waals surface area contributed by atoms with E-state index < -0.39 is 5.97 Å². The molecule has 1 heterocycles. The lowest BCUT2D eigenvalue weighted by Gasteiger charge is -2.03. The maximum absolute atomic E-state index is 11.3. The van der Waals surface area contributed by atoms with E-state index >= 15 is 0 Å². The molecule has 1 N–H and O–H groups in total. The molecule has 2 aromatic rings. The summed E-state index contributed by atoms with van der Waals surface area (Å²) in [5.41, 5.74) is 0.813. The number of benzene rings is 1. The maximum atomic E-state index is 11.3. The Morgan fingerprint density at radius 3 is 2.74 bits per heavy atom. The van der Waals surface area contributed by atoms with Crippen LogP contribution >= 0.6 is 0 Å².